The third kappa shape index (κ3) is 2.69. The van der Waals surface area contributed by atoms with Crippen LogP contribution in [-0.2, 0) is 0 Å². The number of nitrogens with zero attached hydrogens (tertiary/aromatic N) is 1. The number of aromatic hydroxyl groups is 1. The number of phenolic OH excluding ortho intramolecular Hbond substituents is 1. The molecule has 1 heterocycles. The van der Waals surface area contributed by atoms with Crippen molar-refractivity contribution in [3.63, 3.8) is 0 Å². The maximum atomic E-state index is 12.3. The molecule has 1 atom stereocenters. The fourth-order valence-electron chi connectivity index (χ4n) is 1.87. The fraction of sp³-hybridized carbons (Fsp3) is 0.417. The molecule has 1 aromatic carbocycles. The number of rotatable bonds is 1. The Kier molecular flexibility index (Phi) is 3.84. The summed E-state index contributed by atoms with van der Waals surface area (Å²) in [5.74, 6) is 1.73. The van der Waals surface area contributed by atoms with Crippen LogP contribution in [0.3, 0.4) is 0 Å². The Morgan fingerprint density at radius 2 is 2.35 bits per heavy atom. The van der Waals surface area contributed by atoms with Crippen LogP contribution in [0.5, 0.6) is 5.75 Å². The van der Waals surface area contributed by atoms with Gasteiger partial charge in [0.15, 0.2) is 0 Å². The molecule has 5 heteroatoms. The SMILES string of the molecule is CC1CSCCN1C(=O)c1ccc(Cl)cc1O. The Labute approximate surface area is 110 Å². The van der Waals surface area contributed by atoms with Crippen molar-refractivity contribution in [1.29, 1.82) is 0 Å². The lowest BCUT2D eigenvalue weighted by Gasteiger charge is -2.33. The van der Waals surface area contributed by atoms with E-state index in [0.717, 1.165) is 18.1 Å². The summed E-state index contributed by atoms with van der Waals surface area (Å²) in [4.78, 5) is 14.1. The predicted molar refractivity (Wildman–Crippen MR) is 70.9 cm³/mol. The molecule has 0 spiro atoms. The Morgan fingerprint density at radius 3 is 3.00 bits per heavy atom. The first kappa shape index (κ1) is 12.6. The summed E-state index contributed by atoms with van der Waals surface area (Å²) in [6, 6.07) is 4.81. The van der Waals surface area contributed by atoms with E-state index in [9.17, 15) is 9.90 Å². The van der Waals surface area contributed by atoms with Crippen LogP contribution < -0.4 is 0 Å². The molecule has 0 saturated carbocycles. The Balaban J connectivity index is 2.24. The molecule has 3 nitrogen and oxygen atoms in total. The molecule has 1 unspecified atom stereocenters. The van der Waals surface area contributed by atoms with Gasteiger partial charge in [0.2, 0.25) is 0 Å². The number of carbonyl (C=O) groups is 1. The van der Waals surface area contributed by atoms with Crippen LogP contribution in [-0.4, -0.2) is 40.0 Å². The van der Waals surface area contributed by atoms with Crippen molar-refractivity contribution in [1.82, 2.24) is 4.90 Å². The number of phenols is 1. The Bertz CT molecular complexity index is 439. The van der Waals surface area contributed by atoms with Gasteiger partial charge in [-0.2, -0.15) is 11.8 Å². The highest BCUT2D eigenvalue weighted by molar-refractivity contribution is 7.99. The molecule has 1 amide bonds. The van der Waals surface area contributed by atoms with E-state index in [-0.39, 0.29) is 17.7 Å². The minimum Gasteiger partial charge on any atom is -0.507 e. The van der Waals surface area contributed by atoms with Crippen LogP contribution in [0, 0.1) is 0 Å². The molecule has 17 heavy (non-hydrogen) atoms. The number of amides is 1. The lowest BCUT2D eigenvalue weighted by atomic mass is 10.1. The van der Waals surface area contributed by atoms with Crippen molar-refractivity contribution in [2.24, 2.45) is 0 Å². The van der Waals surface area contributed by atoms with Gasteiger partial charge < -0.3 is 10.0 Å². The average Bonchev–Trinajstić information content (AvgIpc) is 2.29. The molecule has 2 rings (SSSR count). The summed E-state index contributed by atoms with van der Waals surface area (Å²) < 4.78 is 0. The highest BCUT2D eigenvalue weighted by Gasteiger charge is 2.26. The van der Waals surface area contributed by atoms with E-state index in [1.165, 1.54) is 6.07 Å². The first-order valence-corrected chi connectivity index (χ1v) is 7.00. The van der Waals surface area contributed by atoms with Crippen molar-refractivity contribution in [2.45, 2.75) is 13.0 Å². The van der Waals surface area contributed by atoms with Crippen LogP contribution in [0.25, 0.3) is 0 Å². The lowest BCUT2D eigenvalue weighted by molar-refractivity contribution is 0.0713. The number of halogens is 1. The summed E-state index contributed by atoms with van der Waals surface area (Å²) in [6.45, 7) is 2.75. The van der Waals surface area contributed by atoms with Gasteiger partial charge >= 0.3 is 0 Å². The smallest absolute Gasteiger partial charge is 0.257 e. The number of hydrogen-bond donors (Lipinski definition) is 1. The fourth-order valence-corrected chi connectivity index (χ4v) is 3.05. The quantitative estimate of drug-likeness (QED) is 0.854. The first-order chi connectivity index (χ1) is 8.09. The summed E-state index contributed by atoms with van der Waals surface area (Å²) in [7, 11) is 0. The number of carbonyl (C=O) groups excluding carboxylic acids is 1. The predicted octanol–water partition coefficient (Wildman–Crippen LogP) is 2.62. The van der Waals surface area contributed by atoms with Gasteiger partial charge in [0.05, 0.1) is 5.56 Å². The summed E-state index contributed by atoms with van der Waals surface area (Å²) >= 11 is 7.60. The molecule has 0 radical (unpaired) electrons. The topological polar surface area (TPSA) is 40.5 Å². The van der Waals surface area contributed by atoms with E-state index in [1.54, 1.807) is 17.0 Å². The first-order valence-electron chi connectivity index (χ1n) is 5.47. The van der Waals surface area contributed by atoms with Crippen LogP contribution in [0.15, 0.2) is 18.2 Å². The monoisotopic (exact) mass is 271 g/mol. The lowest BCUT2D eigenvalue weighted by Crippen LogP contribution is -2.44. The molecule has 0 aliphatic carbocycles. The molecule has 0 bridgehead atoms. The Morgan fingerprint density at radius 1 is 1.59 bits per heavy atom. The van der Waals surface area contributed by atoms with E-state index in [2.05, 4.69) is 0 Å². The Hall–Kier alpha value is -0.870. The molecule has 1 aliphatic heterocycles. The highest BCUT2D eigenvalue weighted by Crippen LogP contribution is 2.25. The molecule has 1 N–H and O–H groups in total. The van der Waals surface area contributed by atoms with Crippen LogP contribution in [0.4, 0.5) is 0 Å². The summed E-state index contributed by atoms with van der Waals surface area (Å²) in [5.41, 5.74) is 0.327. The van der Waals surface area contributed by atoms with Gasteiger partial charge in [-0.25, -0.2) is 0 Å². The van der Waals surface area contributed by atoms with Crippen LogP contribution >= 0.6 is 23.4 Å². The second-order valence-electron chi connectivity index (χ2n) is 4.08. The van der Waals surface area contributed by atoms with E-state index in [0.29, 0.717) is 10.6 Å². The summed E-state index contributed by atoms with van der Waals surface area (Å²) in [5, 5.41) is 10.2. The van der Waals surface area contributed by atoms with Crippen LogP contribution in [0.2, 0.25) is 5.02 Å². The van der Waals surface area contributed by atoms with Crippen LogP contribution in [0.1, 0.15) is 17.3 Å². The molecule has 1 saturated heterocycles. The van der Waals surface area contributed by atoms with E-state index in [1.807, 2.05) is 18.7 Å². The summed E-state index contributed by atoms with van der Waals surface area (Å²) in [6.07, 6.45) is 0. The zero-order valence-electron chi connectivity index (χ0n) is 9.52. The van der Waals surface area contributed by atoms with Crippen molar-refractivity contribution < 1.29 is 9.90 Å². The molecule has 0 aromatic heterocycles. The van der Waals surface area contributed by atoms with Gasteiger partial charge in [-0.05, 0) is 25.1 Å². The van der Waals surface area contributed by atoms with Gasteiger partial charge in [0, 0.05) is 29.1 Å². The molecular formula is C12H14ClNO2S. The number of benzene rings is 1. The average molecular weight is 272 g/mol. The van der Waals surface area contributed by atoms with Gasteiger partial charge in [-0.1, -0.05) is 11.6 Å². The minimum absolute atomic E-state index is 0.0482. The second-order valence-corrected chi connectivity index (χ2v) is 5.67. The zero-order valence-corrected chi connectivity index (χ0v) is 11.1. The second kappa shape index (κ2) is 5.19. The maximum absolute atomic E-state index is 12.3. The van der Waals surface area contributed by atoms with Gasteiger partial charge in [-0.15, -0.1) is 0 Å². The maximum Gasteiger partial charge on any atom is 0.257 e. The highest BCUT2D eigenvalue weighted by atomic mass is 35.5. The standard InChI is InChI=1S/C12H14ClNO2S/c1-8-7-17-5-4-14(8)12(16)10-3-2-9(13)6-11(10)15/h2-3,6,8,15H,4-5,7H2,1H3. The molecule has 1 aliphatic rings. The van der Waals surface area contributed by atoms with E-state index < -0.39 is 0 Å². The van der Waals surface area contributed by atoms with Crippen molar-refractivity contribution in [2.75, 3.05) is 18.1 Å². The third-order valence-corrected chi connectivity index (χ3v) is 4.24. The zero-order chi connectivity index (χ0) is 12.4. The van der Waals surface area contributed by atoms with Gasteiger partial charge in [0.1, 0.15) is 5.75 Å². The molecular weight excluding hydrogens is 258 g/mol. The van der Waals surface area contributed by atoms with Crippen molar-refractivity contribution >= 4 is 29.3 Å². The van der Waals surface area contributed by atoms with E-state index in [4.69, 9.17) is 11.6 Å². The van der Waals surface area contributed by atoms with Gasteiger partial charge in [-0.3, -0.25) is 4.79 Å². The molecule has 92 valence electrons. The molecule has 1 fully saturated rings. The third-order valence-electron chi connectivity index (χ3n) is 2.82. The van der Waals surface area contributed by atoms with Crippen molar-refractivity contribution in [3.05, 3.63) is 28.8 Å². The normalized spacial score (nSPS) is 20.4. The van der Waals surface area contributed by atoms with E-state index >= 15 is 0 Å². The van der Waals surface area contributed by atoms with Gasteiger partial charge in [0.25, 0.3) is 5.91 Å². The largest absolute Gasteiger partial charge is 0.507 e. The van der Waals surface area contributed by atoms with Crippen molar-refractivity contribution in [3.8, 4) is 5.75 Å². The number of thioether (sulfide) groups is 1. The number of hydrogen-bond acceptors (Lipinski definition) is 3. The minimum atomic E-state index is -0.119. The molecule has 1 aromatic rings.